The maximum atomic E-state index is 12.5. The summed E-state index contributed by atoms with van der Waals surface area (Å²) in [5, 5.41) is 3.83. The molecule has 1 N–H and O–H groups in total. The van der Waals surface area contributed by atoms with Crippen molar-refractivity contribution in [1.29, 1.82) is 0 Å². The van der Waals surface area contributed by atoms with Gasteiger partial charge in [0.15, 0.2) is 0 Å². The molecule has 0 amide bonds. The Labute approximate surface area is 167 Å². The molecule has 2 aromatic rings. The van der Waals surface area contributed by atoms with E-state index in [4.69, 9.17) is 14.2 Å². The van der Waals surface area contributed by atoms with E-state index >= 15 is 0 Å². The second kappa shape index (κ2) is 9.09. The van der Waals surface area contributed by atoms with Gasteiger partial charge in [-0.25, -0.2) is 0 Å². The Balaban J connectivity index is 2.19. The van der Waals surface area contributed by atoms with E-state index in [1.807, 2.05) is 13.8 Å². The van der Waals surface area contributed by atoms with Crippen molar-refractivity contribution in [2.24, 2.45) is 5.10 Å². The smallest absolute Gasteiger partial charge is 0.280 e. The van der Waals surface area contributed by atoms with Gasteiger partial charge >= 0.3 is 0 Å². The van der Waals surface area contributed by atoms with Gasteiger partial charge in [-0.2, -0.15) is 18.4 Å². The average molecular weight is 457 g/mol. The van der Waals surface area contributed by atoms with Gasteiger partial charge in [0.2, 0.25) is 0 Å². The number of nitrogens with one attached hydrogen (secondary N) is 1. The quantitative estimate of drug-likeness (QED) is 0.484. The molecule has 2 rings (SSSR count). The van der Waals surface area contributed by atoms with Gasteiger partial charge in [0, 0.05) is 6.07 Å². The van der Waals surface area contributed by atoms with Gasteiger partial charge in [0.1, 0.15) is 22.1 Å². The van der Waals surface area contributed by atoms with E-state index in [1.165, 1.54) is 32.6 Å². The molecule has 0 aliphatic heterocycles. The van der Waals surface area contributed by atoms with Crippen LogP contribution in [0.5, 0.6) is 17.2 Å². The number of rotatable bonds is 8. The summed E-state index contributed by atoms with van der Waals surface area (Å²) in [6.07, 6.45) is 1.44. The molecular formula is C18H21BrN2O5S. The summed E-state index contributed by atoms with van der Waals surface area (Å²) < 4.78 is 41.6. The molecular weight excluding hydrogens is 436 g/mol. The molecule has 0 aromatic heterocycles. The number of halogens is 1. The Morgan fingerprint density at radius 2 is 1.78 bits per heavy atom. The van der Waals surface area contributed by atoms with Crippen LogP contribution in [0.3, 0.4) is 0 Å². The van der Waals surface area contributed by atoms with E-state index in [-0.39, 0.29) is 16.7 Å². The summed E-state index contributed by atoms with van der Waals surface area (Å²) >= 11 is 3.42. The first kappa shape index (κ1) is 21.0. The topological polar surface area (TPSA) is 86.2 Å². The van der Waals surface area contributed by atoms with E-state index < -0.39 is 10.0 Å². The van der Waals surface area contributed by atoms with Crippen molar-refractivity contribution < 1.29 is 22.6 Å². The van der Waals surface area contributed by atoms with Gasteiger partial charge in [0.25, 0.3) is 10.0 Å². The molecule has 0 aliphatic carbocycles. The molecule has 0 bridgehead atoms. The van der Waals surface area contributed by atoms with Crippen LogP contribution >= 0.6 is 15.9 Å². The van der Waals surface area contributed by atoms with Crippen molar-refractivity contribution in [1.82, 2.24) is 4.83 Å². The number of sulfonamides is 1. The molecule has 146 valence electrons. The van der Waals surface area contributed by atoms with E-state index in [2.05, 4.69) is 25.9 Å². The maximum Gasteiger partial charge on any atom is 0.280 e. The highest BCUT2D eigenvalue weighted by Gasteiger charge is 2.20. The van der Waals surface area contributed by atoms with Gasteiger partial charge < -0.3 is 14.2 Å². The Hall–Kier alpha value is -2.26. The van der Waals surface area contributed by atoms with Crippen molar-refractivity contribution in [3.63, 3.8) is 0 Å². The molecule has 0 atom stereocenters. The Bertz CT molecular complexity index is 929. The zero-order valence-electron chi connectivity index (χ0n) is 15.4. The molecule has 7 nitrogen and oxygen atoms in total. The molecule has 0 unspecified atom stereocenters. The van der Waals surface area contributed by atoms with E-state index in [1.54, 1.807) is 24.3 Å². The first-order valence-electron chi connectivity index (χ1n) is 8.00. The van der Waals surface area contributed by atoms with Gasteiger partial charge in [-0.05, 0) is 65.7 Å². The van der Waals surface area contributed by atoms with Gasteiger partial charge in [0.05, 0.1) is 31.0 Å². The number of benzene rings is 2. The monoisotopic (exact) mass is 456 g/mol. The van der Waals surface area contributed by atoms with Gasteiger partial charge in [-0.3, -0.25) is 0 Å². The molecule has 9 heteroatoms. The van der Waals surface area contributed by atoms with E-state index in [9.17, 15) is 8.42 Å². The molecule has 0 fully saturated rings. The van der Waals surface area contributed by atoms with E-state index in [0.717, 1.165) is 4.47 Å². The lowest BCUT2D eigenvalue weighted by Crippen LogP contribution is -2.19. The van der Waals surface area contributed by atoms with Crippen molar-refractivity contribution >= 4 is 32.2 Å². The summed E-state index contributed by atoms with van der Waals surface area (Å²) in [4.78, 5) is 2.11. The number of nitrogens with zero attached hydrogens (tertiary/aromatic N) is 1. The molecule has 0 radical (unpaired) electrons. The predicted octanol–water partition coefficient (Wildman–Crippen LogP) is 3.57. The molecule has 2 aromatic carbocycles. The lowest BCUT2D eigenvalue weighted by molar-refractivity contribution is 0.241. The second-order valence-electron chi connectivity index (χ2n) is 5.73. The van der Waals surface area contributed by atoms with Crippen LogP contribution in [0.2, 0.25) is 0 Å². The van der Waals surface area contributed by atoms with Crippen LogP contribution in [0.15, 0.2) is 50.9 Å². The first-order chi connectivity index (χ1) is 12.8. The number of hydrazone groups is 1. The number of ether oxygens (including phenoxy) is 3. The predicted molar refractivity (Wildman–Crippen MR) is 107 cm³/mol. The standard InChI is InChI=1S/C18H21BrN2O5S/c1-12(2)26-16-7-5-13(9-15(16)19)11-20-21-27(22,23)18-10-14(24-3)6-8-17(18)25-4/h5-12,21H,1-4H3/b20-11+. The molecule has 0 saturated heterocycles. The van der Waals surface area contributed by atoms with Gasteiger partial charge in [-0.15, -0.1) is 0 Å². The third kappa shape index (κ3) is 5.61. The zero-order valence-corrected chi connectivity index (χ0v) is 17.8. The minimum absolute atomic E-state index is 0.0467. The molecule has 27 heavy (non-hydrogen) atoms. The summed E-state index contributed by atoms with van der Waals surface area (Å²) in [6.45, 7) is 3.87. The van der Waals surface area contributed by atoms with Crippen LogP contribution in [0.25, 0.3) is 0 Å². The highest BCUT2D eigenvalue weighted by atomic mass is 79.9. The summed E-state index contributed by atoms with van der Waals surface area (Å²) in [7, 11) is -1.09. The summed E-state index contributed by atoms with van der Waals surface area (Å²) in [5.41, 5.74) is 0.693. The fraction of sp³-hybridized carbons (Fsp3) is 0.278. The first-order valence-corrected chi connectivity index (χ1v) is 10.3. The van der Waals surface area contributed by atoms with E-state index in [0.29, 0.717) is 17.1 Å². The van der Waals surface area contributed by atoms with Crippen LogP contribution in [-0.2, 0) is 10.0 Å². The molecule has 0 saturated carbocycles. The number of hydrogen-bond donors (Lipinski definition) is 1. The highest BCUT2D eigenvalue weighted by Crippen LogP contribution is 2.28. The van der Waals surface area contributed by atoms with Crippen LogP contribution in [0.1, 0.15) is 19.4 Å². The average Bonchev–Trinajstić information content (AvgIpc) is 2.63. The third-order valence-electron chi connectivity index (χ3n) is 3.37. The molecule has 0 aliphatic rings. The van der Waals surface area contributed by atoms with Crippen molar-refractivity contribution in [3.8, 4) is 17.2 Å². The van der Waals surface area contributed by atoms with Gasteiger partial charge in [-0.1, -0.05) is 0 Å². The Morgan fingerprint density at radius 1 is 1.07 bits per heavy atom. The third-order valence-corrected chi connectivity index (χ3v) is 5.23. The normalized spacial score (nSPS) is 11.6. The molecule has 0 heterocycles. The lowest BCUT2D eigenvalue weighted by Gasteiger charge is -2.12. The Kier molecular flexibility index (Phi) is 7.09. The lowest BCUT2D eigenvalue weighted by atomic mass is 10.2. The maximum absolute atomic E-state index is 12.5. The largest absolute Gasteiger partial charge is 0.497 e. The van der Waals surface area contributed by atoms with Crippen molar-refractivity contribution in [2.75, 3.05) is 14.2 Å². The van der Waals surface area contributed by atoms with Crippen LogP contribution < -0.4 is 19.0 Å². The van der Waals surface area contributed by atoms with Crippen molar-refractivity contribution in [3.05, 3.63) is 46.4 Å². The minimum Gasteiger partial charge on any atom is -0.497 e. The second-order valence-corrected chi connectivity index (χ2v) is 8.21. The fourth-order valence-corrected chi connectivity index (χ4v) is 3.63. The highest BCUT2D eigenvalue weighted by molar-refractivity contribution is 9.10. The zero-order chi connectivity index (χ0) is 20.0. The molecule has 0 spiro atoms. The van der Waals surface area contributed by atoms with Crippen molar-refractivity contribution in [2.45, 2.75) is 24.8 Å². The van der Waals surface area contributed by atoms with Crippen LogP contribution in [0, 0.1) is 0 Å². The van der Waals surface area contributed by atoms with Crippen LogP contribution in [0.4, 0.5) is 0 Å². The number of methoxy groups -OCH3 is 2. The summed E-state index contributed by atoms with van der Waals surface area (Å²) in [6, 6.07) is 9.82. The SMILES string of the molecule is COc1ccc(OC)c(S(=O)(=O)N/N=C/c2ccc(OC(C)C)c(Br)c2)c1. The van der Waals surface area contributed by atoms with Crippen LogP contribution in [-0.4, -0.2) is 35.0 Å². The number of hydrogen-bond acceptors (Lipinski definition) is 6. The fourth-order valence-electron chi connectivity index (χ4n) is 2.16. The summed E-state index contributed by atoms with van der Waals surface area (Å²) in [5.74, 6) is 1.28. The Morgan fingerprint density at radius 3 is 2.37 bits per heavy atom. The minimum atomic E-state index is -3.93.